The van der Waals surface area contributed by atoms with Gasteiger partial charge in [0, 0.05) is 11.8 Å². The third kappa shape index (κ3) is 4.38. The Kier molecular flexibility index (Phi) is 5.82. The first-order valence-corrected chi connectivity index (χ1v) is 7.62. The van der Waals surface area contributed by atoms with Crippen molar-refractivity contribution in [1.82, 2.24) is 14.8 Å². The van der Waals surface area contributed by atoms with E-state index in [0.29, 0.717) is 11.6 Å². The van der Waals surface area contributed by atoms with Gasteiger partial charge < -0.3 is 11.5 Å². The van der Waals surface area contributed by atoms with Crippen LogP contribution in [0.4, 0.5) is 0 Å². The van der Waals surface area contributed by atoms with Crippen molar-refractivity contribution in [3.05, 3.63) is 10.5 Å². The summed E-state index contributed by atoms with van der Waals surface area (Å²) in [7, 11) is 0. The van der Waals surface area contributed by atoms with Crippen LogP contribution in [0.2, 0.25) is 0 Å². The van der Waals surface area contributed by atoms with Gasteiger partial charge in [-0.1, -0.05) is 18.2 Å². The second-order valence-corrected chi connectivity index (χ2v) is 6.42. The molecular weight excluding hydrogens is 278 g/mol. The van der Waals surface area contributed by atoms with Crippen molar-refractivity contribution < 1.29 is 4.79 Å². The van der Waals surface area contributed by atoms with Crippen LogP contribution in [0, 0.1) is 0 Å². The van der Waals surface area contributed by atoms with Crippen LogP contribution < -0.4 is 17.2 Å². The number of thioether (sulfide) groups is 1. The Morgan fingerprint density at radius 2 is 2.15 bits per heavy atom. The zero-order chi connectivity index (χ0) is 15.3. The van der Waals surface area contributed by atoms with E-state index in [-0.39, 0.29) is 11.7 Å². The van der Waals surface area contributed by atoms with Gasteiger partial charge in [0.15, 0.2) is 5.16 Å². The van der Waals surface area contributed by atoms with Crippen LogP contribution in [-0.2, 0) is 4.79 Å². The second kappa shape index (κ2) is 6.94. The minimum atomic E-state index is -0.947. The molecule has 0 aliphatic carbocycles. The molecule has 1 atom stereocenters. The first-order chi connectivity index (χ1) is 9.25. The molecule has 0 fully saturated rings. The largest absolute Gasteiger partial charge is 0.368 e. The van der Waals surface area contributed by atoms with Gasteiger partial charge in [-0.05, 0) is 33.6 Å². The van der Waals surface area contributed by atoms with E-state index < -0.39 is 11.4 Å². The summed E-state index contributed by atoms with van der Waals surface area (Å²) in [6.45, 7) is 5.52. The molecule has 0 saturated carbocycles. The summed E-state index contributed by atoms with van der Waals surface area (Å²) in [6, 6.07) is 0.0749. The number of primary amides is 1. The average molecular weight is 301 g/mol. The highest BCUT2D eigenvalue weighted by atomic mass is 32.2. The highest BCUT2D eigenvalue weighted by molar-refractivity contribution is 7.99. The Hall–Kier alpha value is -1.28. The molecule has 20 heavy (non-hydrogen) atoms. The maximum atomic E-state index is 11.5. The van der Waals surface area contributed by atoms with E-state index in [0.717, 1.165) is 18.6 Å². The Balaban J connectivity index is 2.39. The van der Waals surface area contributed by atoms with Crippen molar-refractivity contribution in [2.24, 2.45) is 11.5 Å². The van der Waals surface area contributed by atoms with Crippen LogP contribution in [0.15, 0.2) is 9.95 Å². The lowest BCUT2D eigenvalue weighted by Crippen LogP contribution is -2.49. The molecule has 1 aromatic heterocycles. The topological polar surface area (TPSA) is 120 Å². The van der Waals surface area contributed by atoms with E-state index in [9.17, 15) is 9.59 Å². The number of rotatable bonds is 8. The zero-order valence-electron chi connectivity index (χ0n) is 12.2. The smallest absolute Gasteiger partial charge is 0.344 e. The average Bonchev–Trinajstić information content (AvgIpc) is 2.69. The molecule has 0 radical (unpaired) electrons. The van der Waals surface area contributed by atoms with Gasteiger partial charge in [0.1, 0.15) is 0 Å². The molecule has 1 heterocycles. The predicted octanol–water partition coefficient (Wildman–Crippen LogP) is 0.617. The van der Waals surface area contributed by atoms with E-state index in [1.54, 1.807) is 11.5 Å². The van der Waals surface area contributed by atoms with Crippen molar-refractivity contribution in [1.29, 1.82) is 0 Å². The Morgan fingerprint density at radius 1 is 1.50 bits per heavy atom. The molecule has 0 spiro atoms. The highest BCUT2D eigenvalue weighted by Crippen LogP contribution is 2.19. The standard InChI is InChI=1S/C12H23N5O2S/c1-8(2)17-10(19)15-16-11(17)20-7-5-4-6-12(3,14)9(13)18/h8H,4-7,14H2,1-3H3,(H2,13,18)(H,15,19). The minimum absolute atomic E-state index is 0.0749. The van der Waals surface area contributed by atoms with Crippen LogP contribution in [0.3, 0.4) is 0 Å². The van der Waals surface area contributed by atoms with E-state index in [2.05, 4.69) is 10.2 Å². The molecule has 0 aliphatic heterocycles. The van der Waals surface area contributed by atoms with Gasteiger partial charge in [0.2, 0.25) is 5.91 Å². The number of hydrogen-bond donors (Lipinski definition) is 3. The van der Waals surface area contributed by atoms with Gasteiger partial charge in [0.25, 0.3) is 0 Å². The molecule has 114 valence electrons. The summed E-state index contributed by atoms with van der Waals surface area (Å²) < 4.78 is 1.63. The van der Waals surface area contributed by atoms with E-state index in [4.69, 9.17) is 11.5 Å². The number of carbonyl (C=O) groups excluding carboxylic acids is 1. The predicted molar refractivity (Wildman–Crippen MR) is 79.6 cm³/mol. The van der Waals surface area contributed by atoms with Crippen LogP contribution in [0.25, 0.3) is 0 Å². The maximum absolute atomic E-state index is 11.5. The lowest BCUT2D eigenvalue weighted by atomic mass is 9.96. The molecule has 7 nitrogen and oxygen atoms in total. The summed E-state index contributed by atoms with van der Waals surface area (Å²) in [4.78, 5) is 22.6. The van der Waals surface area contributed by atoms with Gasteiger partial charge in [-0.25, -0.2) is 9.89 Å². The number of nitrogens with zero attached hydrogens (tertiary/aromatic N) is 2. The summed E-state index contributed by atoms with van der Waals surface area (Å²) in [5, 5.41) is 7.15. The number of carbonyl (C=O) groups is 1. The Bertz CT molecular complexity index is 506. The van der Waals surface area contributed by atoms with Crippen molar-refractivity contribution in [3.63, 3.8) is 0 Å². The van der Waals surface area contributed by atoms with Crippen LogP contribution >= 0.6 is 11.8 Å². The number of hydrogen-bond acceptors (Lipinski definition) is 5. The van der Waals surface area contributed by atoms with Crippen LogP contribution in [0.1, 0.15) is 46.1 Å². The van der Waals surface area contributed by atoms with Crippen molar-refractivity contribution in [2.75, 3.05) is 5.75 Å². The molecule has 0 bridgehead atoms. The third-order valence-electron chi connectivity index (χ3n) is 3.07. The van der Waals surface area contributed by atoms with Gasteiger partial charge in [0.05, 0.1) is 5.54 Å². The molecule has 0 saturated heterocycles. The van der Waals surface area contributed by atoms with Gasteiger partial charge in [-0.15, -0.1) is 5.10 Å². The molecule has 1 amide bonds. The maximum Gasteiger partial charge on any atom is 0.344 e. The van der Waals surface area contributed by atoms with Gasteiger partial charge >= 0.3 is 5.69 Å². The van der Waals surface area contributed by atoms with Crippen LogP contribution in [0.5, 0.6) is 0 Å². The fraction of sp³-hybridized carbons (Fsp3) is 0.750. The molecule has 1 rings (SSSR count). The number of H-pyrrole nitrogens is 1. The van der Waals surface area contributed by atoms with E-state index in [1.165, 1.54) is 11.8 Å². The summed E-state index contributed by atoms with van der Waals surface area (Å²) in [6.07, 6.45) is 2.24. The molecule has 0 aromatic carbocycles. The number of aromatic nitrogens is 3. The Labute approximate surface area is 122 Å². The number of amides is 1. The van der Waals surface area contributed by atoms with Crippen molar-refractivity contribution in [2.45, 2.75) is 56.8 Å². The lowest BCUT2D eigenvalue weighted by Gasteiger charge is -2.19. The molecule has 5 N–H and O–H groups in total. The summed E-state index contributed by atoms with van der Waals surface area (Å²) in [5.74, 6) is 0.331. The first kappa shape index (κ1) is 16.8. The Morgan fingerprint density at radius 3 is 2.70 bits per heavy atom. The quantitative estimate of drug-likeness (QED) is 0.480. The van der Waals surface area contributed by atoms with Crippen molar-refractivity contribution >= 4 is 17.7 Å². The molecule has 8 heteroatoms. The minimum Gasteiger partial charge on any atom is -0.368 e. The normalized spacial score (nSPS) is 14.4. The van der Waals surface area contributed by atoms with E-state index >= 15 is 0 Å². The summed E-state index contributed by atoms with van der Waals surface area (Å²) in [5.41, 5.74) is 9.85. The molecule has 0 aliphatic rings. The van der Waals surface area contributed by atoms with Crippen molar-refractivity contribution in [3.8, 4) is 0 Å². The molecule has 1 unspecified atom stereocenters. The highest BCUT2D eigenvalue weighted by Gasteiger charge is 2.24. The van der Waals surface area contributed by atoms with Gasteiger partial charge in [-0.3, -0.25) is 9.36 Å². The molecule has 1 aromatic rings. The lowest BCUT2D eigenvalue weighted by molar-refractivity contribution is -0.122. The molecular formula is C12H23N5O2S. The monoisotopic (exact) mass is 301 g/mol. The van der Waals surface area contributed by atoms with Gasteiger partial charge in [-0.2, -0.15) is 0 Å². The van der Waals surface area contributed by atoms with E-state index in [1.807, 2.05) is 13.8 Å². The second-order valence-electron chi connectivity index (χ2n) is 5.36. The first-order valence-electron chi connectivity index (χ1n) is 6.64. The number of unbranched alkanes of at least 4 members (excludes halogenated alkanes) is 1. The third-order valence-corrected chi connectivity index (χ3v) is 4.11. The SMILES string of the molecule is CC(C)n1c(SCCCCC(C)(N)C(N)=O)n[nH]c1=O. The fourth-order valence-corrected chi connectivity index (χ4v) is 2.80. The zero-order valence-corrected chi connectivity index (χ0v) is 13.0. The number of nitrogens with one attached hydrogen (secondary N) is 1. The number of nitrogens with two attached hydrogens (primary N) is 2. The fourth-order valence-electron chi connectivity index (χ4n) is 1.73. The summed E-state index contributed by atoms with van der Waals surface area (Å²) >= 11 is 1.52. The van der Waals surface area contributed by atoms with Crippen LogP contribution in [-0.4, -0.2) is 32.0 Å². The number of aromatic amines is 1.